The van der Waals surface area contributed by atoms with Crippen LogP contribution in [0.25, 0.3) is 0 Å². The number of hydrogen-bond acceptors (Lipinski definition) is 4. The van der Waals surface area contributed by atoms with E-state index in [1.807, 2.05) is 12.2 Å². The number of halogens is 4. The highest BCUT2D eigenvalue weighted by molar-refractivity contribution is 5.66. The van der Waals surface area contributed by atoms with Crippen LogP contribution in [-0.2, 0) is 11.0 Å². The molecular weight excluding hydrogens is 432 g/mol. The Bertz CT molecular complexity index is 793. The van der Waals surface area contributed by atoms with Crippen LogP contribution in [0.15, 0.2) is 48.6 Å². The number of hydrogen-bond donors (Lipinski definition) is 3. The molecule has 32 heavy (non-hydrogen) atoms. The van der Waals surface area contributed by atoms with Gasteiger partial charge in [-0.1, -0.05) is 30.4 Å². The monoisotopic (exact) mass is 460 g/mol. The normalized spacial score (nSPS) is 24.9. The molecule has 0 unspecified atom stereocenters. The van der Waals surface area contributed by atoms with Crippen LogP contribution in [-0.4, -0.2) is 46.3 Å². The van der Waals surface area contributed by atoms with Crippen LogP contribution >= 0.6 is 0 Å². The Morgan fingerprint density at radius 2 is 1.97 bits per heavy atom. The topological polar surface area (TPSA) is 87.0 Å². The number of rotatable bonds is 11. The minimum atomic E-state index is -4.52. The fourth-order valence-corrected chi connectivity index (χ4v) is 3.69. The van der Waals surface area contributed by atoms with Gasteiger partial charge in [0.15, 0.2) is 6.17 Å². The van der Waals surface area contributed by atoms with Gasteiger partial charge in [-0.2, -0.15) is 13.2 Å². The number of ether oxygens (including phenoxy) is 1. The first-order chi connectivity index (χ1) is 15.1. The van der Waals surface area contributed by atoms with Crippen molar-refractivity contribution in [3.05, 3.63) is 54.1 Å². The van der Waals surface area contributed by atoms with E-state index in [4.69, 9.17) is 9.84 Å². The number of aliphatic hydroxyl groups excluding tert-OH is 2. The summed E-state index contributed by atoms with van der Waals surface area (Å²) in [5.74, 6) is -1.78. The maximum absolute atomic E-state index is 14.2. The Morgan fingerprint density at radius 3 is 2.66 bits per heavy atom. The molecule has 5 nitrogen and oxygen atoms in total. The summed E-state index contributed by atoms with van der Waals surface area (Å²) in [4.78, 5) is 10.5. The Balaban J connectivity index is 1.87. The minimum Gasteiger partial charge on any atom is -0.490 e. The summed E-state index contributed by atoms with van der Waals surface area (Å²) in [6.07, 6.45) is 0.315. The molecule has 0 radical (unpaired) electrons. The Kier molecular flexibility index (Phi) is 9.71. The summed E-state index contributed by atoms with van der Waals surface area (Å²) in [6.45, 7) is -0.489. The summed E-state index contributed by atoms with van der Waals surface area (Å²) < 4.78 is 57.6. The summed E-state index contributed by atoms with van der Waals surface area (Å²) in [6, 6.07) is 4.18. The number of unbranched alkanes of at least 4 members (excludes halogenated alkanes) is 1. The third kappa shape index (κ3) is 8.27. The second-order valence-corrected chi connectivity index (χ2v) is 7.84. The van der Waals surface area contributed by atoms with Gasteiger partial charge in [0.1, 0.15) is 12.4 Å². The van der Waals surface area contributed by atoms with Crippen molar-refractivity contribution >= 4 is 5.97 Å². The molecule has 0 aliphatic heterocycles. The molecule has 9 heteroatoms. The number of carboxylic acid groups (broad SMARTS) is 1. The number of aliphatic hydroxyl groups is 2. The first-order valence-electron chi connectivity index (χ1n) is 10.4. The summed E-state index contributed by atoms with van der Waals surface area (Å²) in [5, 5.41) is 29.0. The number of aliphatic carboxylic acids is 1. The molecular formula is C23H28F4O5. The van der Waals surface area contributed by atoms with E-state index >= 15 is 0 Å². The number of alkyl halides is 4. The molecule has 1 aromatic rings. The molecule has 1 saturated carbocycles. The van der Waals surface area contributed by atoms with Crippen LogP contribution in [0.3, 0.4) is 0 Å². The SMILES string of the molecule is O=C(O)CCCC=CC[C@@H]1[C@@H](C=C[C@H](F)COc2cccc(C(F)(F)F)c2)[C@H](O)C[C@@H]1O. The minimum absolute atomic E-state index is 0.0704. The third-order valence-electron chi connectivity index (χ3n) is 5.36. The lowest BCUT2D eigenvalue weighted by Gasteiger charge is -2.19. The molecule has 0 spiro atoms. The first kappa shape index (κ1) is 25.9. The molecule has 1 aliphatic rings. The highest BCUT2D eigenvalue weighted by Crippen LogP contribution is 2.36. The molecule has 178 valence electrons. The zero-order valence-electron chi connectivity index (χ0n) is 17.4. The van der Waals surface area contributed by atoms with Crippen molar-refractivity contribution < 1.29 is 42.4 Å². The van der Waals surface area contributed by atoms with Gasteiger partial charge in [0.25, 0.3) is 0 Å². The van der Waals surface area contributed by atoms with Crippen LogP contribution < -0.4 is 4.74 Å². The molecule has 0 heterocycles. The predicted molar refractivity (Wildman–Crippen MR) is 110 cm³/mol. The van der Waals surface area contributed by atoms with Crippen LogP contribution in [0.1, 0.15) is 37.7 Å². The van der Waals surface area contributed by atoms with E-state index in [-0.39, 0.29) is 24.5 Å². The summed E-state index contributed by atoms with van der Waals surface area (Å²) in [7, 11) is 0. The van der Waals surface area contributed by atoms with E-state index in [2.05, 4.69) is 0 Å². The second-order valence-electron chi connectivity index (χ2n) is 7.84. The molecule has 0 amide bonds. The van der Waals surface area contributed by atoms with Gasteiger partial charge in [0, 0.05) is 18.8 Å². The highest BCUT2D eigenvalue weighted by Gasteiger charge is 2.39. The van der Waals surface area contributed by atoms with Crippen LogP contribution in [0.5, 0.6) is 5.75 Å². The van der Waals surface area contributed by atoms with E-state index in [1.54, 1.807) is 0 Å². The summed E-state index contributed by atoms with van der Waals surface area (Å²) in [5.41, 5.74) is -0.886. The van der Waals surface area contributed by atoms with Crippen molar-refractivity contribution in [1.29, 1.82) is 0 Å². The maximum Gasteiger partial charge on any atom is 0.416 e. The van der Waals surface area contributed by atoms with Gasteiger partial charge in [-0.25, -0.2) is 4.39 Å². The van der Waals surface area contributed by atoms with Gasteiger partial charge in [-0.05, 0) is 43.4 Å². The molecule has 0 bridgehead atoms. The molecule has 2 rings (SSSR count). The lowest BCUT2D eigenvalue weighted by Crippen LogP contribution is -2.20. The third-order valence-corrected chi connectivity index (χ3v) is 5.36. The number of benzene rings is 1. The van der Waals surface area contributed by atoms with Crippen molar-refractivity contribution in [2.45, 2.75) is 56.7 Å². The van der Waals surface area contributed by atoms with Crippen molar-refractivity contribution in [3.63, 3.8) is 0 Å². The van der Waals surface area contributed by atoms with Gasteiger partial charge >= 0.3 is 12.1 Å². The average molecular weight is 460 g/mol. The van der Waals surface area contributed by atoms with Crippen molar-refractivity contribution in [1.82, 2.24) is 0 Å². The van der Waals surface area contributed by atoms with Crippen LogP contribution in [0.2, 0.25) is 0 Å². The number of carboxylic acids is 1. The highest BCUT2D eigenvalue weighted by atomic mass is 19.4. The number of carbonyl (C=O) groups is 1. The van der Waals surface area contributed by atoms with Crippen molar-refractivity contribution in [2.75, 3.05) is 6.61 Å². The van der Waals surface area contributed by atoms with E-state index in [1.165, 1.54) is 24.3 Å². The smallest absolute Gasteiger partial charge is 0.416 e. The molecule has 1 aromatic carbocycles. The Labute approximate surface area is 184 Å². The second kappa shape index (κ2) is 12.0. The van der Waals surface area contributed by atoms with Crippen LogP contribution in [0, 0.1) is 11.8 Å². The lowest BCUT2D eigenvalue weighted by molar-refractivity contribution is -0.138. The maximum atomic E-state index is 14.2. The van der Waals surface area contributed by atoms with E-state index in [0.29, 0.717) is 19.3 Å². The quantitative estimate of drug-likeness (QED) is 0.257. The molecule has 5 atom stereocenters. The number of allylic oxidation sites excluding steroid dienone is 2. The lowest BCUT2D eigenvalue weighted by atomic mass is 9.89. The van der Waals surface area contributed by atoms with Gasteiger partial charge in [-0.15, -0.1) is 0 Å². The molecule has 0 saturated heterocycles. The van der Waals surface area contributed by atoms with E-state index in [0.717, 1.165) is 12.1 Å². The largest absolute Gasteiger partial charge is 0.490 e. The summed E-state index contributed by atoms with van der Waals surface area (Å²) >= 11 is 0. The molecule has 1 aliphatic carbocycles. The van der Waals surface area contributed by atoms with Gasteiger partial charge < -0.3 is 20.1 Å². The van der Waals surface area contributed by atoms with E-state index < -0.39 is 48.6 Å². The Morgan fingerprint density at radius 1 is 1.22 bits per heavy atom. The molecule has 1 fully saturated rings. The predicted octanol–water partition coefficient (Wildman–Crippen LogP) is 4.54. The fourth-order valence-electron chi connectivity index (χ4n) is 3.69. The first-order valence-corrected chi connectivity index (χ1v) is 10.4. The molecule has 3 N–H and O–H groups in total. The standard InChI is InChI=1S/C23H28F4O5/c24-16(14-32-17-7-5-6-15(12-17)23(25,26)27)10-11-19-18(20(28)13-21(19)29)8-3-1-2-4-9-22(30)31/h1,3,5-7,10-12,16,18-21,28-29H,2,4,8-9,13-14H2,(H,30,31)/t16-,18+,19+,20-,21+/m0/s1. The zero-order chi connectivity index (χ0) is 23.7. The van der Waals surface area contributed by atoms with E-state index in [9.17, 15) is 32.6 Å². The van der Waals surface area contributed by atoms with Crippen LogP contribution in [0.4, 0.5) is 17.6 Å². The van der Waals surface area contributed by atoms with Crippen molar-refractivity contribution in [3.8, 4) is 5.75 Å². The Hall–Kier alpha value is -2.39. The van der Waals surface area contributed by atoms with Gasteiger partial charge in [-0.3, -0.25) is 4.79 Å². The van der Waals surface area contributed by atoms with Gasteiger partial charge in [0.05, 0.1) is 17.8 Å². The van der Waals surface area contributed by atoms with Crippen molar-refractivity contribution in [2.24, 2.45) is 11.8 Å². The van der Waals surface area contributed by atoms with Gasteiger partial charge in [0.2, 0.25) is 0 Å². The fraction of sp³-hybridized carbons (Fsp3) is 0.522. The zero-order valence-corrected chi connectivity index (χ0v) is 17.4. The molecule has 0 aromatic heterocycles. The average Bonchev–Trinajstić information content (AvgIpc) is 2.99.